The van der Waals surface area contributed by atoms with Gasteiger partial charge in [0.1, 0.15) is 0 Å². The Hall–Kier alpha value is -1.42. The summed E-state index contributed by atoms with van der Waals surface area (Å²) in [6.45, 7) is 1.97. The van der Waals surface area contributed by atoms with E-state index in [-0.39, 0.29) is 5.91 Å². The lowest BCUT2D eigenvalue weighted by molar-refractivity contribution is -0.121. The van der Waals surface area contributed by atoms with Crippen LogP contribution in [0.4, 0.5) is 0 Å². The van der Waals surface area contributed by atoms with Gasteiger partial charge in [-0.05, 0) is 37.9 Å². The number of hydrogen-bond donors (Lipinski definition) is 2. The topological polar surface area (TPSA) is 54.0 Å². The first-order valence-corrected chi connectivity index (χ1v) is 6.24. The van der Waals surface area contributed by atoms with Gasteiger partial charge >= 0.3 is 0 Å². The monoisotopic (exact) mass is 233 g/mol. The van der Waals surface area contributed by atoms with Crippen molar-refractivity contribution < 1.29 is 4.79 Å². The van der Waals surface area contributed by atoms with Crippen LogP contribution >= 0.6 is 0 Å². The Morgan fingerprint density at radius 2 is 2.47 bits per heavy atom. The number of pyridine rings is 1. The summed E-state index contributed by atoms with van der Waals surface area (Å²) in [6, 6.07) is 6.10. The smallest absolute Gasteiger partial charge is 0.220 e. The number of aromatic nitrogens is 1. The average molecular weight is 233 g/mol. The Morgan fingerprint density at radius 1 is 1.53 bits per heavy atom. The van der Waals surface area contributed by atoms with Crippen molar-refractivity contribution >= 4 is 5.91 Å². The molecule has 0 spiro atoms. The summed E-state index contributed by atoms with van der Waals surface area (Å²) < 4.78 is 0. The third-order valence-electron chi connectivity index (χ3n) is 3.00. The van der Waals surface area contributed by atoms with Gasteiger partial charge in [-0.15, -0.1) is 0 Å². The summed E-state index contributed by atoms with van der Waals surface area (Å²) >= 11 is 0. The number of nitrogens with one attached hydrogen (secondary N) is 2. The highest BCUT2D eigenvalue weighted by Gasteiger charge is 2.14. The second-order valence-electron chi connectivity index (χ2n) is 4.43. The van der Waals surface area contributed by atoms with Crippen LogP contribution in [0.2, 0.25) is 0 Å². The maximum absolute atomic E-state index is 11.7. The lowest BCUT2D eigenvalue weighted by Crippen LogP contribution is -2.45. The molecule has 2 rings (SSSR count). The molecule has 4 heteroatoms. The minimum atomic E-state index is 0.129. The number of amides is 1. The second kappa shape index (κ2) is 6.35. The molecule has 2 N–H and O–H groups in total. The summed E-state index contributed by atoms with van der Waals surface area (Å²) in [7, 11) is 0. The lowest BCUT2D eigenvalue weighted by Gasteiger charge is -2.23. The molecule has 0 aromatic carbocycles. The van der Waals surface area contributed by atoms with Crippen molar-refractivity contribution in [1.29, 1.82) is 0 Å². The van der Waals surface area contributed by atoms with Gasteiger partial charge in [0.05, 0.1) is 0 Å². The predicted molar refractivity (Wildman–Crippen MR) is 66.6 cm³/mol. The Kier molecular flexibility index (Phi) is 4.50. The van der Waals surface area contributed by atoms with Crippen LogP contribution in [0.15, 0.2) is 24.4 Å². The number of rotatable bonds is 4. The highest BCUT2D eigenvalue weighted by molar-refractivity contribution is 5.76. The third-order valence-corrected chi connectivity index (χ3v) is 3.00. The van der Waals surface area contributed by atoms with Crippen LogP contribution < -0.4 is 10.6 Å². The number of aryl methyl sites for hydroxylation is 1. The van der Waals surface area contributed by atoms with Crippen LogP contribution in [-0.4, -0.2) is 30.0 Å². The predicted octanol–water partition coefficient (Wildman–Crippen LogP) is 0.882. The number of carbonyl (C=O) groups is 1. The van der Waals surface area contributed by atoms with E-state index in [1.54, 1.807) is 6.20 Å². The molecule has 1 aliphatic rings. The SMILES string of the molecule is O=C(CCc1ccccn1)N[C@@H]1CCCNC1. The number of piperidine rings is 1. The molecular formula is C13H19N3O. The van der Waals surface area contributed by atoms with E-state index in [9.17, 15) is 4.79 Å². The molecule has 1 aromatic heterocycles. The first kappa shape index (κ1) is 12.0. The Balaban J connectivity index is 1.70. The van der Waals surface area contributed by atoms with Crippen molar-refractivity contribution in [1.82, 2.24) is 15.6 Å². The standard InChI is InChI=1S/C13H19N3O/c17-13(16-12-5-3-8-14-10-12)7-6-11-4-1-2-9-15-11/h1-2,4,9,12,14H,3,5-8,10H2,(H,16,17)/t12-/m1/s1. The van der Waals surface area contributed by atoms with Gasteiger partial charge in [-0.2, -0.15) is 0 Å². The molecule has 92 valence electrons. The van der Waals surface area contributed by atoms with Gasteiger partial charge < -0.3 is 10.6 Å². The molecule has 1 saturated heterocycles. The lowest BCUT2D eigenvalue weighted by atomic mass is 10.1. The highest BCUT2D eigenvalue weighted by atomic mass is 16.1. The van der Waals surface area contributed by atoms with Crippen LogP contribution in [0.3, 0.4) is 0 Å². The molecule has 1 atom stereocenters. The van der Waals surface area contributed by atoms with Gasteiger partial charge in [0.2, 0.25) is 5.91 Å². The van der Waals surface area contributed by atoms with E-state index in [1.807, 2.05) is 18.2 Å². The van der Waals surface area contributed by atoms with Gasteiger partial charge in [0.15, 0.2) is 0 Å². The van der Waals surface area contributed by atoms with Gasteiger partial charge in [-0.3, -0.25) is 9.78 Å². The zero-order chi connectivity index (χ0) is 11.9. The van der Waals surface area contributed by atoms with E-state index in [0.29, 0.717) is 18.9 Å². The minimum absolute atomic E-state index is 0.129. The molecule has 0 radical (unpaired) electrons. The molecule has 0 bridgehead atoms. The van der Waals surface area contributed by atoms with Crippen molar-refractivity contribution in [2.45, 2.75) is 31.7 Å². The maximum atomic E-state index is 11.7. The van der Waals surface area contributed by atoms with Crippen molar-refractivity contribution in [2.24, 2.45) is 0 Å². The van der Waals surface area contributed by atoms with Crippen molar-refractivity contribution in [3.05, 3.63) is 30.1 Å². The van der Waals surface area contributed by atoms with Crippen molar-refractivity contribution in [3.63, 3.8) is 0 Å². The average Bonchev–Trinajstić information content (AvgIpc) is 2.39. The first-order chi connectivity index (χ1) is 8.34. The van der Waals surface area contributed by atoms with Crippen molar-refractivity contribution in [3.8, 4) is 0 Å². The summed E-state index contributed by atoms with van der Waals surface area (Å²) in [5, 5.41) is 6.35. The van der Waals surface area contributed by atoms with Crippen LogP contribution in [0.25, 0.3) is 0 Å². The van der Waals surface area contributed by atoms with Crippen LogP contribution in [0.1, 0.15) is 25.0 Å². The second-order valence-corrected chi connectivity index (χ2v) is 4.43. The molecule has 1 aliphatic heterocycles. The largest absolute Gasteiger partial charge is 0.352 e. The Labute approximate surface area is 102 Å². The maximum Gasteiger partial charge on any atom is 0.220 e. The molecule has 0 aliphatic carbocycles. The van der Waals surface area contributed by atoms with E-state index >= 15 is 0 Å². The van der Waals surface area contributed by atoms with E-state index in [1.165, 1.54) is 0 Å². The minimum Gasteiger partial charge on any atom is -0.352 e. The summed E-state index contributed by atoms with van der Waals surface area (Å²) in [4.78, 5) is 15.9. The summed E-state index contributed by atoms with van der Waals surface area (Å²) in [5.41, 5.74) is 0.976. The molecular weight excluding hydrogens is 214 g/mol. The number of carbonyl (C=O) groups excluding carboxylic acids is 1. The van der Waals surface area contributed by atoms with Crippen LogP contribution in [0, 0.1) is 0 Å². The zero-order valence-corrected chi connectivity index (χ0v) is 9.98. The molecule has 1 amide bonds. The fraction of sp³-hybridized carbons (Fsp3) is 0.538. The molecule has 1 aromatic rings. The van der Waals surface area contributed by atoms with Gasteiger partial charge in [0, 0.05) is 30.9 Å². The van der Waals surface area contributed by atoms with E-state index in [4.69, 9.17) is 0 Å². The number of hydrogen-bond acceptors (Lipinski definition) is 3. The quantitative estimate of drug-likeness (QED) is 0.812. The molecule has 17 heavy (non-hydrogen) atoms. The molecule has 0 saturated carbocycles. The first-order valence-electron chi connectivity index (χ1n) is 6.24. The molecule has 4 nitrogen and oxygen atoms in total. The summed E-state index contributed by atoms with van der Waals surface area (Å²) in [6.07, 6.45) is 5.23. The fourth-order valence-electron chi connectivity index (χ4n) is 2.06. The van der Waals surface area contributed by atoms with Gasteiger partial charge in [-0.25, -0.2) is 0 Å². The fourth-order valence-corrected chi connectivity index (χ4v) is 2.06. The van der Waals surface area contributed by atoms with E-state index in [0.717, 1.165) is 31.6 Å². The molecule has 0 unspecified atom stereocenters. The third kappa shape index (κ3) is 4.15. The summed E-state index contributed by atoms with van der Waals surface area (Å²) in [5.74, 6) is 0.129. The van der Waals surface area contributed by atoms with E-state index in [2.05, 4.69) is 15.6 Å². The van der Waals surface area contributed by atoms with Gasteiger partial charge in [0.25, 0.3) is 0 Å². The van der Waals surface area contributed by atoms with Crippen molar-refractivity contribution in [2.75, 3.05) is 13.1 Å². The Morgan fingerprint density at radius 3 is 3.18 bits per heavy atom. The van der Waals surface area contributed by atoms with E-state index < -0.39 is 0 Å². The molecule has 2 heterocycles. The normalized spacial score (nSPS) is 19.9. The van der Waals surface area contributed by atoms with Gasteiger partial charge in [-0.1, -0.05) is 6.07 Å². The number of nitrogens with zero attached hydrogens (tertiary/aromatic N) is 1. The Bertz CT molecular complexity index is 347. The van der Waals surface area contributed by atoms with Crippen LogP contribution in [0.5, 0.6) is 0 Å². The highest BCUT2D eigenvalue weighted by Crippen LogP contribution is 2.03. The zero-order valence-electron chi connectivity index (χ0n) is 9.98. The van der Waals surface area contributed by atoms with Crippen LogP contribution in [-0.2, 0) is 11.2 Å². The molecule has 1 fully saturated rings.